The number of esters is 1. The fourth-order valence-corrected chi connectivity index (χ4v) is 2.93. The van der Waals surface area contributed by atoms with Gasteiger partial charge >= 0.3 is 5.97 Å². The van der Waals surface area contributed by atoms with Gasteiger partial charge in [0.05, 0.1) is 18.8 Å². The monoisotopic (exact) mass is 288 g/mol. The Morgan fingerprint density at radius 1 is 1.32 bits per heavy atom. The lowest BCUT2D eigenvalue weighted by atomic mass is 9.95. The Morgan fingerprint density at radius 2 is 2.05 bits per heavy atom. The Morgan fingerprint density at radius 3 is 2.79 bits per heavy atom. The van der Waals surface area contributed by atoms with Crippen LogP contribution in [0.25, 0.3) is 0 Å². The van der Waals surface area contributed by atoms with Crippen LogP contribution in [0.3, 0.4) is 0 Å². The molecule has 3 N–H and O–H groups in total. The SMILES string of the molecule is COC(=O)CSCCNC(=O)[C@@H]1CCCCC[C@H]1N. The first-order chi connectivity index (χ1) is 9.15. The first kappa shape index (κ1) is 16.3. The smallest absolute Gasteiger partial charge is 0.315 e. The quantitative estimate of drug-likeness (QED) is 0.431. The van der Waals surface area contributed by atoms with E-state index in [0.29, 0.717) is 18.1 Å². The van der Waals surface area contributed by atoms with Gasteiger partial charge < -0.3 is 15.8 Å². The molecule has 0 aromatic rings. The van der Waals surface area contributed by atoms with Gasteiger partial charge in [-0.2, -0.15) is 0 Å². The lowest BCUT2D eigenvalue weighted by Crippen LogP contribution is -2.42. The molecule has 0 heterocycles. The highest BCUT2D eigenvalue weighted by molar-refractivity contribution is 7.99. The first-order valence-corrected chi connectivity index (χ1v) is 7.98. The van der Waals surface area contributed by atoms with E-state index < -0.39 is 0 Å². The standard InChI is InChI=1S/C13H24N2O3S/c1-18-12(16)9-19-8-7-15-13(17)10-5-3-2-4-6-11(10)14/h10-11H,2-9,14H2,1H3,(H,15,17)/t10-,11-/m1/s1. The third-order valence-corrected chi connectivity index (χ3v) is 4.33. The molecule has 5 nitrogen and oxygen atoms in total. The summed E-state index contributed by atoms with van der Waals surface area (Å²) >= 11 is 1.46. The van der Waals surface area contributed by atoms with Gasteiger partial charge in [-0.3, -0.25) is 9.59 Å². The van der Waals surface area contributed by atoms with E-state index in [9.17, 15) is 9.59 Å². The molecule has 2 atom stereocenters. The number of rotatable bonds is 6. The van der Waals surface area contributed by atoms with Crippen molar-refractivity contribution in [3.05, 3.63) is 0 Å². The van der Waals surface area contributed by atoms with E-state index in [-0.39, 0.29) is 23.8 Å². The number of hydrogen-bond donors (Lipinski definition) is 2. The van der Waals surface area contributed by atoms with Crippen LogP contribution in [0.4, 0.5) is 0 Å². The van der Waals surface area contributed by atoms with E-state index in [1.807, 2.05) is 0 Å². The molecular weight excluding hydrogens is 264 g/mol. The van der Waals surface area contributed by atoms with Crippen LogP contribution in [0.2, 0.25) is 0 Å². The molecule has 0 aromatic heterocycles. The van der Waals surface area contributed by atoms with Crippen molar-refractivity contribution in [2.45, 2.75) is 38.1 Å². The minimum Gasteiger partial charge on any atom is -0.468 e. The number of ether oxygens (including phenoxy) is 1. The molecule has 0 radical (unpaired) electrons. The highest BCUT2D eigenvalue weighted by Gasteiger charge is 2.26. The van der Waals surface area contributed by atoms with Crippen LogP contribution in [0, 0.1) is 5.92 Å². The Kier molecular flexibility index (Phi) is 7.90. The van der Waals surface area contributed by atoms with Gasteiger partial charge in [0.2, 0.25) is 5.91 Å². The topological polar surface area (TPSA) is 81.4 Å². The predicted molar refractivity (Wildman–Crippen MR) is 76.9 cm³/mol. The summed E-state index contributed by atoms with van der Waals surface area (Å²) in [7, 11) is 1.37. The summed E-state index contributed by atoms with van der Waals surface area (Å²) in [4.78, 5) is 22.9. The average molecular weight is 288 g/mol. The molecule has 0 saturated heterocycles. The van der Waals surface area contributed by atoms with E-state index in [0.717, 1.165) is 25.7 Å². The molecule has 0 aromatic carbocycles. The Hall–Kier alpha value is -0.750. The maximum atomic E-state index is 12.0. The lowest BCUT2D eigenvalue weighted by molar-refractivity contribution is -0.137. The van der Waals surface area contributed by atoms with E-state index >= 15 is 0 Å². The zero-order valence-electron chi connectivity index (χ0n) is 11.5. The van der Waals surface area contributed by atoms with Gasteiger partial charge in [-0.15, -0.1) is 11.8 Å². The van der Waals surface area contributed by atoms with Gasteiger partial charge in [-0.25, -0.2) is 0 Å². The fourth-order valence-electron chi connectivity index (χ4n) is 2.25. The minimum atomic E-state index is -0.234. The first-order valence-electron chi connectivity index (χ1n) is 6.83. The molecule has 0 spiro atoms. The molecular formula is C13H24N2O3S. The maximum absolute atomic E-state index is 12.0. The maximum Gasteiger partial charge on any atom is 0.315 e. The van der Waals surface area contributed by atoms with Crippen LogP contribution in [0.1, 0.15) is 32.1 Å². The van der Waals surface area contributed by atoms with E-state index in [1.165, 1.54) is 25.3 Å². The number of thioether (sulfide) groups is 1. The molecule has 1 aliphatic rings. The molecule has 1 amide bonds. The van der Waals surface area contributed by atoms with Crippen LogP contribution in [0.15, 0.2) is 0 Å². The molecule has 1 saturated carbocycles. The van der Waals surface area contributed by atoms with Gasteiger partial charge in [0.1, 0.15) is 0 Å². The summed E-state index contributed by atoms with van der Waals surface area (Å²) in [5.41, 5.74) is 6.04. The van der Waals surface area contributed by atoms with E-state index in [1.54, 1.807) is 0 Å². The third kappa shape index (κ3) is 6.29. The molecule has 1 fully saturated rings. The molecule has 1 aliphatic carbocycles. The lowest BCUT2D eigenvalue weighted by Gasteiger charge is -2.20. The van der Waals surface area contributed by atoms with Gasteiger partial charge in [0.25, 0.3) is 0 Å². The van der Waals surface area contributed by atoms with Gasteiger partial charge in [0, 0.05) is 18.3 Å². The van der Waals surface area contributed by atoms with Gasteiger partial charge in [0.15, 0.2) is 0 Å². The number of nitrogens with one attached hydrogen (secondary N) is 1. The Labute approximate surface area is 119 Å². The fraction of sp³-hybridized carbons (Fsp3) is 0.846. The zero-order valence-corrected chi connectivity index (χ0v) is 12.3. The second kappa shape index (κ2) is 9.20. The summed E-state index contributed by atoms with van der Waals surface area (Å²) in [6.07, 6.45) is 5.22. The summed E-state index contributed by atoms with van der Waals surface area (Å²) in [6.45, 7) is 0.573. The van der Waals surface area contributed by atoms with Gasteiger partial charge in [-0.1, -0.05) is 19.3 Å². The normalized spacial score (nSPS) is 23.5. The zero-order chi connectivity index (χ0) is 14.1. The van der Waals surface area contributed by atoms with Crippen LogP contribution in [0.5, 0.6) is 0 Å². The van der Waals surface area contributed by atoms with Crippen molar-refractivity contribution in [2.24, 2.45) is 11.7 Å². The van der Waals surface area contributed by atoms with E-state index in [2.05, 4.69) is 10.1 Å². The van der Waals surface area contributed by atoms with Crippen molar-refractivity contribution in [2.75, 3.05) is 25.2 Å². The number of methoxy groups -OCH3 is 1. The van der Waals surface area contributed by atoms with Crippen molar-refractivity contribution in [3.63, 3.8) is 0 Å². The molecule has 19 heavy (non-hydrogen) atoms. The van der Waals surface area contributed by atoms with Gasteiger partial charge in [-0.05, 0) is 12.8 Å². The summed E-state index contributed by atoms with van der Waals surface area (Å²) in [5.74, 6) is 0.821. The molecule has 0 unspecified atom stereocenters. The van der Waals surface area contributed by atoms with Crippen molar-refractivity contribution in [1.29, 1.82) is 0 Å². The highest BCUT2D eigenvalue weighted by Crippen LogP contribution is 2.22. The van der Waals surface area contributed by atoms with Crippen LogP contribution in [-0.4, -0.2) is 43.1 Å². The molecule has 0 bridgehead atoms. The Balaban J connectivity index is 2.17. The number of nitrogens with two attached hydrogens (primary N) is 1. The average Bonchev–Trinajstić information content (AvgIpc) is 2.62. The van der Waals surface area contributed by atoms with Crippen LogP contribution < -0.4 is 11.1 Å². The van der Waals surface area contributed by atoms with Crippen LogP contribution in [-0.2, 0) is 14.3 Å². The second-order valence-corrected chi connectivity index (χ2v) is 5.93. The Bertz CT molecular complexity index is 300. The van der Waals surface area contributed by atoms with Crippen molar-refractivity contribution in [1.82, 2.24) is 5.32 Å². The third-order valence-electron chi connectivity index (χ3n) is 3.40. The number of carbonyl (C=O) groups is 2. The summed E-state index contributed by atoms with van der Waals surface area (Å²) < 4.78 is 4.54. The number of amides is 1. The predicted octanol–water partition coefficient (Wildman–Crippen LogP) is 0.916. The molecule has 6 heteroatoms. The molecule has 0 aliphatic heterocycles. The van der Waals surface area contributed by atoms with E-state index in [4.69, 9.17) is 5.73 Å². The van der Waals surface area contributed by atoms with Crippen molar-refractivity contribution >= 4 is 23.6 Å². The van der Waals surface area contributed by atoms with Crippen LogP contribution >= 0.6 is 11.8 Å². The summed E-state index contributed by atoms with van der Waals surface area (Å²) in [6, 6.07) is -0.00905. The highest BCUT2D eigenvalue weighted by atomic mass is 32.2. The second-order valence-electron chi connectivity index (χ2n) is 4.83. The molecule has 110 valence electrons. The minimum absolute atomic E-state index is 0.00905. The van der Waals surface area contributed by atoms with Crippen molar-refractivity contribution in [3.8, 4) is 0 Å². The summed E-state index contributed by atoms with van der Waals surface area (Å²) in [5, 5.41) is 2.91. The van der Waals surface area contributed by atoms with Crippen molar-refractivity contribution < 1.29 is 14.3 Å². The number of carbonyl (C=O) groups excluding carboxylic acids is 2. The molecule has 1 rings (SSSR count). The number of hydrogen-bond acceptors (Lipinski definition) is 5. The largest absolute Gasteiger partial charge is 0.468 e.